The molecule has 0 aliphatic heterocycles. The minimum atomic E-state index is 0.139. The van der Waals surface area contributed by atoms with Crippen LogP contribution in [0.2, 0.25) is 0 Å². The minimum Gasteiger partial charge on any atom is -0.394 e. The smallest absolute Gasteiger partial charge is 0.0697 e. The molecule has 0 radical (unpaired) electrons. The van der Waals surface area contributed by atoms with Crippen LogP contribution >= 0.6 is 0 Å². The zero-order chi connectivity index (χ0) is 15.6. The van der Waals surface area contributed by atoms with Gasteiger partial charge in [0.15, 0.2) is 0 Å². The van der Waals surface area contributed by atoms with Crippen LogP contribution in [0.4, 0.5) is 0 Å². The van der Waals surface area contributed by atoms with Crippen molar-refractivity contribution in [3.05, 3.63) is 0 Å². The second-order valence-electron chi connectivity index (χ2n) is 5.28. The number of aliphatic hydroxyl groups excluding tert-OH is 2. The Balaban J connectivity index is 0. The molecule has 0 heterocycles. The van der Waals surface area contributed by atoms with Crippen molar-refractivity contribution in [1.82, 2.24) is 0 Å². The Hall–Kier alpha value is -0.160. The Kier molecular flexibility index (Phi) is 20.8. The van der Waals surface area contributed by atoms with Crippen LogP contribution in [-0.2, 0) is 9.47 Å². The summed E-state index contributed by atoms with van der Waals surface area (Å²) in [7, 11) is 0. The van der Waals surface area contributed by atoms with Gasteiger partial charge in [0.25, 0.3) is 0 Å². The molecular weight excluding hydrogens is 256 g/mol. The number of hydrogen-bond donors (Lipinski definition) is 2. The van der Waals surface area contributed by atoms with Crippen LogP contribution in [0.5, 0.6) is 0 Å². The summed E-state index contributed by atoms with van der Waals surface area (Å²) in [5.41, 5.74) is 0. The van der Waals surface area contributed by atoms with Gasteiger partial charge in [-0.2, -0.15) is 0 Å². The Labute approximate surface area is 125 Å². The van der Waals surface area contributed by atoms with E-state index in [0.717, 1.165) is 37.9 Å². The SMILES string of the molecule is CCC(C)CCOCCO.CCC(C)CCOCCO. The van der Waals surface area contributed by atoms with Crippen molar-refractivity contribution in [2.75, 3.05) is 39.6 Å². The number of ether oxygens (including phenoxy) is 2. The average Bonchev–Trinajstić information content (AvgIpc) is 2.48. The van der Waals surface area contributed by atoms with Crippen LogP contribution in [0.25, 0.3) is 0 Å². The third kappa shape index (κ3) is 20.2. The summed E-state index contributed by atoms with van der Waals surface area (Å²) in [4.78, 5) is 0. The summed E-state index contributed by atoms with van der Waals surface area (Å²) in [5, 5.41) is 16.7. The van der Waals surface area contributed by atoms with Gasteiger partial charge in [0.05, 0.1) is 26.4 Å². The number of hydrogen-bond acceptors (Lipinski definition) is 4. The van der Waals surface area contributed by atoms with Crippen molar-refractivity contribution >= 4 is 0 Å². The summed E-state index contributed by atoms with van der Waals surface area (Å²) < 4.78 is 10.2. The largest absolute Gasteiger partial charge is 0.394 e. The molecule has 4 nitrogen and oxygen atoms in total. The van der Waals surface area contributed by atoms with Gasteiger partial charge in [0, 0.05) is 13.2 Å². The van der Waals surface area contributed by atoms with E-state index in [1.165, 1.54) is 12.8 Å². The fourth-order valence-corrected chi connectivity index (χ4v) is 1.31. The maximum Gasteiger partial charge on any atom is 0.0697 e. The highest BCUT2D eigenvalue weighted by molar-refractivity contribution is 4.48. The van der Waals surface area contributed by atoms with E-state index in [-0.39, 0.29) is 13.2 Å². The Morgan fingerprint density at radius 3 is 1.30 bits per heavy atom. The van der Waals surface area contributed by atoms with E-state index in [0.29, 0.717) is 13.2 Å². The van der Waals surface area contributed by atoms with Gasteiger partial charge >= 0.3 is 0 Å². The maximum atomic E-state index is 8.36. The molecule has 0 aliphatic rings. The highest BCUT2D eigenvalue weighted by Gasteiger charge is 1.97. The molecule has 0 saturated carbocycles. The first-order valence-electron chi connectivity index (χ1n) is 7.99. The summed E-state index contributed by atoms with van der Waals surface area (Å²) in [6, 6.07) is 0. The molecule has 2 atom stereocenters. The standard InChI is InChI=1S/2C8H18O2/c2*1-3-8(2)4-6-10-7-5-9/h2*8-9H,3-7H2,1-2H3. The lowest BCUT2D eigenvalue weighted by atomic mass is 10.1. The molecule has 2 unspecified atom stereocenters. The molecule has 124 valence electrons. The van der Waals surface area contributed by atoms with Crippen LogP contribution in [-0.4, -0.2) is 49.9 Å². The van der Waals surface area contributed by atoms with Gasteiger partial charge in [-0.3, -0.25) is 0 Å². The van der Waals surface area contributed by atoms with E-state index >= 15 is 0 Å². The van der Waals surface area contributed by atoms with Crippen LogP contribution < -0.4 is 0 Å². The monoisotopic (exact) mass is 292 g/mol. The molecule has 0 aromatic carbocycles. The van der Waals surface area contributed by atoms with Gasteiger partial charge in [-0.25, -0.2) is 0 Å². The topological polar surface area (TPSA) is 58.9 Å². The lowest BCUT2D eigenvalue weighted by Crippen LogP contribution is -2.04. The second kappa shape index (κ2) is 18.8. The molecule has 0 bridgehead atoms. The first-order valence-corrected chi connectivity index (χ1v) is 7.99. The fourth-order valence-electron chi connectivity index (χ4n) is 1.31. The van der Waals surface area contributed by atoms with Gasteiger partial charge < -0.3 is 19.7 Å². The zero-order valence-electron chi connectivity index (χ0n) is 13.9. The van der Waals surface area contributed by atoms with E-state index in [9.17, 15) is 0 Å². The van der Waals surface area contributed by atoms with Gasteiger partial charge in [0.2, 0.25) is 0 Å². The Bertz CT molecular complexity index is 147. The first kappa shape index (κ1) is 22.1. The predicted octanol–water partition coefficient (Wildman–Crippen LogP) is 2.86. The Morgan fingerprint density at radius 1 is 0.700 bits per heavy atom. The average molecular weight is 292 g/mol. The van der Waals surface area contributed by atoms with Crippen molar-refractivity contribution in [3.8, 4) is 0 Å². The molecule has 4 heteroatoms. The minimum absolute atomic E-state index is 0.139. The van der Waals surface area contributed by atoms with Gasteiger partial charge in [-0.1, -0.05) is 40.5 Å². The van der Waals surface area contributed by atoms with Crippen molar-refractivity contribution in [2.45, 2.75) is 53.4 Å². The molecule has 0 spiro atoms. The normalized spacial score (nSPS) is 13.5. The lowest BCUT2D eigenvalue weighted by molar-refractivity contribution is 0.0839. The lowest BCUT2D eigenvalue weighted by Gasteiger charge is -2.07. The van der Waals surface area contributed by atoms with Gasteiger partial charge in [-0.15, -0.1) is 0 Å². The van der Waals surface area contributed by atoms with Gasteiger partial charge in [0.1, 0.15) is 0 Å². The quantitative estimate of drug-likeness (QED) is 0.543. The van der Waals surface area contributed by atoms with Crippen molar-refractivity contribution in [2.24, 2.45) is 11.8 Å². The first-order chi connectivity index (χ1) is 9.62. The number of aliphatic hydroxyl groups is 2. The molecule has 20 heavy (non-hydrogen) atoms. The van der Waals surface area contributed by atoms with Crippen molar-refractivity contribution in [1.29, 1.82) is 0 Å². The summed E-state index contributed by atoms with van der Waals surface area (Å²) in [5.74, 6) is 1.50. The molecule has 0 rings (SSSR count). The van der Waals surface area contributed by atoms with Crippen LogP contribution in [0.3, 0.4) is 0 Å². The predicted molar refractivity (Wildman–Crippen MR) is 84.0 cm³/mol. The van der Waals surface area contributed by atoms with Crippen molar-refractivity contribution in [3.63, 3.8) is 0 Å². The third-order valence-electron chi connectivity index (χ3n) is 3.38. The molecule has 0 fully saturated rings. The molecule has 0 aliphatic carbocycles. The highest BCUT2D eigenvalue weighted by Crippen LogP contribution is 2.05. The van der Waals surface area contributed by atoms with E-state index in [4.69, 9.17) is 19.7 Å². The third-order valence-corrected chi connectivity index (χ3v) is 3.38. The molecule has 0 aromatic rings. The molecule has 0 amide bonds. The Morgan fingerprint density at radius 2 is 1.05 bits per heavy atom. The van der Waals surface area contributed by atoms with Crippen molar-refractivity contribution < 1.29 is 19.7 Å². The number of rotatable bonds is 12. The van der Waals surface area contributed by atoms with Gasteiger partial charge in [-0.05, 0) is 24.7 Å². The van der Waals surface area contributed by atoms with Crippen LogP contribution in [0.1, 0.15) is 53.4 Å². The van der Waals surface area contributed by atoms with E-state index in [2.05, 4.69) is 27.7 Å². The molecular formula is C16H36O4. The summed E-state index contributed by atoms with van der Waals surface area (Å²) >= 11 is 0. The second-order valence-corrected chi connectivity index (χ2v) is 5.28. The zero-order valence-corrected chi connectivity index (χ0v) is 13.9. The summed E-state index contributed by atoms with van der Waals surface area (Å²) in [6.45, 7) is 11.6. The van der Waals surface area contributed by atoms with Crippen LogP contribution in [0.15, 0.2) is 0 Å². The maximum absolute atomic E-state index is 8.36. The molecule has 0 saturated heterocycles. The highest BCUT2D eigenvalue weighted by atomic mass is 16.5. The van der Waals surface area contributed by atoms with E-state index in [1.54, 1.807) is 0 Å². The fraction of sp³-hybridized carbons (Fsp3) is 1.00. The molecule has 0 aromatic heterocycles. The summed E-state index contributed by atoms with van der Waals surface area (Å²) in [6.07, 6.45) is 4.64. The van der Waals surface area contributed by atoms with E-state index in [1.807, 2.05) is 0 Å². The molecule has 2 N–H and O–H groups in total. The van der Waals surface area contributed by atoms with E-state index < -0.39 is 0 Å². The van der Waals surface area contributed by atoms with Crippen LogP contribution in [0, 0.1) is 11.8 Å².